The molecule has 156 valence electrons. The molecule has 7 heteroatoms. The van der Waals surface area contributed by atoms with E-state index in [0.717, 1.165) is 11.0 Å². The van der Waals surface area contributed by atoms with Crippen molar-refractivity contribution in [2.24, 2.45) is 0 Å². The van der Waals surface area contributed by atoms with Crippen molar-refractivity contribution in [3.63, 3.8) is 0 Å². The predicted molar refractivity (Wildman–Crippen MR) is 114 cm³/mol. The first-order valence-corrected chi connectivity index (χ1v) is 10.2. The Hall–Kier alpha value is -2.48. The number of ether oxygens (including phenoxy) is 1. The molecule has 0 spiro atoms. The van der Waals surface area contributed by atoms with Crippen LogP contribution >= 0.6 is 0 Å². The van der Waals surface area contributed by atoms with Crippen LogP contribution in [0.5, 0.6) is 0 Å². The van der Waals surface area contributed by atoms with Gasteiger partial charge in [-0.15, -0.1) is 0 Å². The molecule has 0 atom stereocenters. The molecule has 30 heavy (non-hydrogen) atoms. The first-order valence-electron chi connectivity index (χ1n) is 10.2. The van der Waals surface area contributed by atoms with Gasteiger partial charge in [-0.3, -0.25) is 14.5 Å². The number of amides is 2. The van der Waals surface area contributed by atoms with Crippen LogP contribution in [0.4, 0.5) is 0 Å². The first kappa shape index (κ1) is 20.8. The van der Waals surface area contributed by atoms with Gasteiger partial charge in [-0.2, -0.15) is 0 Å². The van der Waals surface area contributed by atoms with E-state index < -0.39 is 7.12 Å². The third kappa shape index (κ3) is 3.69. The van der Waals surface area contributed by atoms with Crippen molar-refractivity contribution in [1.29, 1.82) is 0 Å². The molecule has 1 saturated heterocycles. The molecular formula is C23H26BNO5. The van der Waals surface area contributed by atoms with E-state index >= 15 is 0 Å². The molecule has 2 aromatic rings. The smallest absolute Gasteiger partial charge is 0.399 e. The van der Waals surface area contributed by atoms with E-state index in [1.54, 1.807) is 24.3 Å². The molecule has 4 rings (SSSR count). The molecule has 0 unspecified atom stereocenters. The normalized spacial score (nSPS) is 19.5. The minimum absolute atomic E-state index is 0.234. The highest BCUT2D eigenvalue weighted by Gasteiger charge is 2.51. The van der Waals surface area contributed by atoms with Crippen LogP contribution in [0.1, 0.15) is 54.0 Å². The van der Waals surface area contributed by atoms with Crippen molar-refractivity contribution in [2.45, 2.75) is 45.5 Å². The summed E-state index contributed by atoms with van der Waals surface area (Å²) in [7, 11) is -0.390. The van der Waals surface area contributed by atoms with Crippen LogP contribution in [-0.4, -0.2) is 48.2 Å². The van der Waals surface area contributed by atoms with E-state index in [9.17, 15) is 9.59 Å². The van der Waals surface area contributed by atoms with E-state index in [0.29, 0.717) is 17.7 Å². The van der Waals surface area contributed by atoms with Crippen molar-refractivity contribution in [3.05, 3.63) is 65.2 Å². The second-order valence-electron chi connectivity index (χ2n) is 8.69. The minimum Gasteiger partial charge on any atom is -0.399 e. The number of benzene rings is 2. The van der Waals surface area contributed by atoms with E-state index in [1.807, 2.05) is 52.0 Å². The third-order valence-corrected chi connectivity index (χ3v) is 6.11. The van der Waals surface area contributed by atoms with Gasteiger partial charge in [0, 0.05) is 0 Å². The number of rotatable bonds is 6. The number of fused-ring (bicyclic) bond motifs is 1. The minimum atomic E-state index is -0.390. The van der Waals surface area contributed by atoms with E-state index in [1.165, 1.54) is 4.90 Å². The summed E-state index contributed by atoms with van der Waals surface area (Å²) in [4.78, 5) is 25.9. The molecule has 2 aliphatic heterocycles. The summed E-state index contributed by atoms with van der Waals surface area (Å²) < 4.78 is 17.8. The first-order chi connectivity index (χ1) is 14.2. The molecule has 2 aliphatic rings. The van der Waals surface area contributed by atoms with Gasteiger partial charge in [0.25, 0.3) is 11.8 Å². The van der Waals surface area contributed by atoms with E-state index in [-0.39, 0.29) is 36.2 Å². The lowest BCUT2D eigenvalue weighted by atomic mass is 9.79. The third-order valence-electron chi connectivity index (χ3n) is 6.11. The summed E-state index contributed by atoms with van der Waals surface area (Å²) >= 11 is 0. The fraction of sp³-hybridized carbons (Fsp3) is 0.391. The average Bonchev–Trinajstić information content (AvgIpc) is 3.09. The zero-order chi connectivity index (χ0) is 21.5. The van der Waals surface area contributed by atoms with Gasteiger partial charge in [-0.05, 0) is 50.9 Å². The van der Waals surface area contributed by atoms with Gasteiger partial charge in [0.1, 0.15) is 0 Å². The van der Waals surface area contributed by atoms with Crippen LogP contribution in [0.2, 0.25) is 0 Å². The molecule has 0 radical (unpaired) electrons. The predicted octanol–water partition coefficient (Wildman–Crippen LogP) is 2.80. The summed E-state index contributed by atoms with van der Waals surface area (Å²) in [5, 5.41) is 0. The highest BCUT2D eigenvalue weighted by atomic mass is 16.7. The van der Waals surface area contributed by atoms with Gasteiger partial charge in [0.2, 0.25) is 0 Å². The number of hydrogen-bond acceptors (Lipinski definition) is 5. The second-order valence-corrected chi connectivity index (χ2v) is 8.69. The summed E-state index contributed by atoms with van der Waals surface area (Å²) in [5.74, 6) is -0.517. The Morgan fingerprint density at radius 2 is 1.40 bits per heavy atom. The second kappa shape index (κ2) is 7.65. The van der Waals surface area contributed by atoms with E-state index in [2.05, 4.69) is 0 Å². The summed E-state index contributed by atoms with van der Waals surface area (Å²) in [5.41, 5.74) is 2.13. The molecule has 0 bridgehead atoms. The van der Waals surface area contributed by atoms with Crippen molar-refractivity contribution >= 4 is 24.4 Å². The summed E-state index contributed by atoms with van der Waals surface area (Å²) in [6.07, 6.45) is 0. The van der Waals surface area contributed by atoms with Gasteiger partial charge in [-0.1, -0.05) is 36.4 Å². The lowest BCUT2D eigenvalue weighted by molar-refractivity contribution is 0.00578. The van der Waals surface area contributed by atoms with Gasteiger partial charge in [-0.25, -0.2) is 0 Å². The topological polar surface area (TPSA) is 65.1 Å². The number of hydrogen-bond donors (Lipinski definition) is 0. The van der Waals surface area contributed by atoms with Gasteiger partial charge < -0.3 is 14.0 Å². The maximum Gasteiger partial charge on any atom is 0.494 e. The number of nitrogens with zero attached hydrogens (tertiary/aromatic N) is 1. The standard InChI is InChI=1S/C23H26BNO5/c1-22(2)23(3,4)30-24(29-22)17-11-9-16(10-12-17)15-28-14-13-25-20(26)18-7-5-6-8-19(18)21(25)27/h5-12H,13-15H2,1-4H3. The maximum absolute atomic E-state index is 12.4. The Morgan fingerprint density at radius 3 is 1.93 bits per heavy atom. The van der Waals surface area contributed by atoms with Crippen LogP contribution in [0.3, 0.4) is 0 Å². The number of carbonyl (C=O) groups excluding carboxylic acids is 2. The lowest BCUT2D eigenvalue weighted by Crippen LogP contribution is -2.41. The van der Waals surface area contributed by atoms with Crippen molar-refractivity contribution in [2.75, 3.05) is 13.2 Å². The molecule has 0 N–H and O–H groups in total. The Kier molecular flexibility index (Phi) is 5.30. The highest BCUT2D eigenvalue weighted by molar-refractivity contribution is 6.62. The Bertz CT molecular complexity index is 919. The molecule has 1 fully saturated rings. The molecule has 0 aromatic heterocycles. The van der Waals surface area contributed by atoms with Crippen molar-refractivity contribution in [1.82, 2.24) is 4.90 Å². The zero-order valence-electron chi connectivity index (χ0n) is 17.8. The molecule has 2 heterocycles. The van der Waals surface area contributed by atoms with Crippen LogP contribution in [0.15, 0.2) is 48.5 Å². The monoisotopic (exact) mass is 407 g/mol. The summed E-state index contributed by atoms with van der Waals surface area (Å²) in [6.45, 7) is 9.04. The Balaban J connectivity index is 1.28. The lowest BCUT2D eigenvalue weighted by Gasteiger charge is -2.32. The van der Waals surface area contributed by atoms with Crippen LogP contribution in [-0.2, 0) is 20.7 Å². The molecule has 2 aromatic carbocycles. The van der Waals surface area contributed by atoms with Crippen LogP contribution in [0.25, 0.3) is 0 Å². The van der Waals surface area contributed by atoms with E-state index in [4.69, 9.17) is 14.0 Å². The SMILES string of the molecule is CC1(C)OB(c2ccc(COCCN3C(=O)c4ccccc4C3=O)cc2)OC1(C)C. The largest absolute Gasteiger partial charge is 0.494 e. The van der Waals surface area contributed by atoms with Gasteiger partial charge in [0.15, 0.2) is 0 Å². The summed E-state index contributed by atoms with van der Waals surface area (Å²) in [6, 6.07) is 14.8. The molecule has 0 saturated carbocycles. The molecule has 2 amide bonds. The zero-order valence-corrected chi connectivity index (χ0v) is 17.8. The van der Waals surface area contributed by atoms with Crippen LogP contribution in [0, 0.1) is 0 Å². The fourth-order valence-corrected chi connectivity index (χ4v) is 3.54. The number of carbonyl (C=O) groups is 2. The molecular weight excluding hydrogens is 381 g/mol. The Labute approximate surface area is 177 Å². The van der Waals surface area contributed by atoms with Gasteiger partial charge >= 0.3 is 7.12 Å². The fourth-order valence-electron chi connectivity index (χ4n) is 3.54. The van der Waals surface area contributed by atoms with Crippen LogP contribution < -0.4 is 5.46 Å². The van der Waals surface area contributed by atoms with Crippen molar-refractivity contribution < 1.29 is 23.6 Å². The maximum atomic E-state index is 12.4. The molecule has 0 aliphatic carbocycles. The Morgan fingerprint density at radius 1 is 0.867 bits per heavy atom. The average molecular weight is 407 g/mol. The highest BCUT2D eigenvalue weighted by Crippen LogP contribution is 2.36. The van der Waals surface area contributed by atoms with Gasteiger partial charge in [0.05, 0.1) is 42.1 Å². The van der Waals surface area contributed by atoms with Crippen molar-refractivity contribution in [3.8, 4) is 0 Å². The number of imide groups is 1. The molecule has 6 nitrogen and oxygen atoms in total. The quantitative estimate of drug-likeness (QED) is 0.419.